The zero-order chi connectivity index (χ0) is 32.9. The van der Waals surface area contributed by atoms with Crippen LogP contribution in [0.15, 0.2) is 0 Å². The first-order chi connectivity index (χ1) is 21.1. The Kier molecular flexibility index (Phi) is 6.31. The molecule has 230 valence electrons. The zero-order valence-corrected chi connectivity index (χ0v) is 30.7. The third-order valence-corrected chi connectivity index (χ3v) is 13.4. The van der Waals surface area contributed by atoms with Crippen LogP contribution in [0.25, 0.3) is 54.2 Å². The van der Waals surface area contributed by atoms with Crippen molar-refractivity contribution in [2.45, 2.75) is 117 Å². The Morgan fingerprint density at radius 2 is 0.400 bits per heavy atom. The van der Waals surface area contributed by atoms with E-state index in [1.165, 1.54) is 143 Å². The van der Waals surface area contributed by atoms with Crippen molar-refractivity contribution in [1.82, 2.24) is 0 Å². The number of fused-ring (bicyclic) bond motifs is 9. The summed E-state index contributed by atoms with van der Waals surface area (Å²) < 4.78 is 0. The lowest BCUT2D eigenvalue weighted by Crippen LogP contribution is -2.03. The second-order valence-electron chi connectivity index (χ2n) is 14.9. The van der Waals surface area contributed by atoms with Crippen LogP contribution in [-0.2, 0) is 6.42 Å². The molecular formula is C45H50. The van der Waals surface area contributed by atoms with Gasteiger partial charge in [-0.25, -0.2) is 0 Å². The lowest BCUT2D eigenvalue weighted by Gasteiger charge is -2.26. The molecular weight excluding hydrogens is 540 g/mol. The maximum Gasteiger partial charge on any atom is -0.000754 e. The molecule has 0 radical (unpaired) electrons. The molecule has 0 heterocycles. The number of aryl methyl sites for hydroxylation is 12. The average molecular weight is 591 g/mol. The van der Waals surface area contributed by atoms with Crippen LogP contribution in [0, 0.1) is 111 Å². The van der Waals surface area contributed by atoms with Crippen molar-refractivity contribution in [1.29, 1.82) is 0 Å². The second-order valence-corrected chi connectivity index (χ2v) is 14.9. The fourth-order valence-electron chi connectivity index (χ4n) is 9.92. The van der Waals surface area contributed by atoms with E-state index in [2.05, 4.69) is 111 Å². The van der Waals surface area contributed by atoms with E-state index in [9.17, 15) is 0 Å². The summed E-state index contributed by atoms with van der Waals surface area (Å²) >= 11 is 0. The summed E-state index contributed by atoms with van der Waals surface area (Å²) in [6.45, 7) is 37.9. The molecule has 0 nitrogen and oxygen atoms in total. The first-order valence-corrected chi connectivity index (χ1v) is 17.0. The summed E-state index contributed by atoms with van der Waals surface area (Å²) in [5.74, 6) is 0. The summed E-state index contributed by atoms with van der Waals surface area (Å²) in [5.41, 5.74) is 29.4. The summed E-state index contributed by atoms with van der Waals surface area (Å²) in [4.78, 5) is 0. The summed E-state index contributed by atoms with van der Waals surface area (Å²) in [7, 11) is 0. The van der Waals surface area contributed by atoms with E-state index in [1.807, 2.05) is 0 Å². The van der Waals surface area contributed by atoms with Crippen LogP contribution in [0.4, 0.5) is 0 Å². The third-order valence-electron chi connectivity index (χ3n) is 13.4. The van der Waals surface area contributed by atoms with Gasteiger partial charge in [0, 0.05) is 0 Å². The number of benzene rings is 6. The highest BCUT2D eigenvalue weighted by Crippen LogP contribution is 2.54. The van der Waals surface area contributed by atoms with E-state index in [4.69, 9.17) is 0 Å². The minimum absolute atomic E-state index is 1.03. The van der Waals surface area contributed by atoms with E-state index < -0.39 is 0 Å². The molecule has 0 bridgehead atoms. The predicted molar refractivity (Wildman–Crippen MR) is 200 cm³/mol. The Labute approximate surface area is 270 Å². The molecule has 0 spiro atoms. The molecule has 0 aromatic heterocycles. The Morgan fingerprint density at radius 1 is 0.200 bits per heavy atom. The first-order valence-electron chi connectivity index (χ1n) is 17.0. The maximum absolute atomic E-state index is 2.44. The SMILES string of the molecule is Cc1c(C)c(C)c2c(c1C)c(C)c(C)c1c(C)c3c(c(C)c12)-c1c(c(C)c2c(C)c(C)c4c(C)c(C)c(C)c(C)c4c2c1C)C3. The quantitative estimate of drug-likeness (QED) is 0.154. The van der Waals surface area contributed by atoms with E-state index in [0.29, 0.717) is 0 Å². The van der Waals surface area contributed by atoms with Crippen molar-refractivity contribution in [2.24, 2.45) is 0 Å². The molecule has 0 fully saturated rings. The molecule has 0 saturated carbocycles. The van der Waals surface area contributed by atoms with Crippen LogP contribution < -0.4 is 0 Å². The van der Waals surface area contributed by atoms with Gasteiger partial charge in [0.25, 0.3) is 0 Å². The monoisotopic (exact) mass is 590 g/mol. The Morgan fingerprint density at radius 3 is 0.689 bits per heavy atom. The van der Waals surface area contributed by atoms with Gasteiger partial charge in [-0.3, -0.25) is 0 Å². The molecule has 0 heteroatoms. The largest absolute Gasteiger partial charge is 0.0444 e. The van der Waals surface area contributed by atoms with Gasteiger partial charge in [-0.15, -0.1) is 0 Å². The van der Waals surface area contributed by atoms with Crippen LogP contribution >= 0.6 is 0 Å². The van der Waals surface area contributed by atoms with Gasteiger partial charge < -0.3 is 0 Å². The molecule has 1 aliphatic carbocycles. The summed E-state index contributed by atoms with van der Waals surface area (Å²) in [6.07, 6.45) is 1.03. The van der Waals surface area contributed by atoms with E-state index in [-0.39, 0.29) is 0 Å². The molecule has 0 amide bonds. The van der Waals surface area contributed by atoms with Crippen LogP contribution in [0.5, 0.6) is 0 Å². The molecule has 0 unspecified atom stereocenters. The first kappa shape index (κ1) is 30.0. The lowest BCUT2D eigenvalue weighted by atomic mass is 9.78. The summed E-state index contributed by atoms with van der Waals surface area (Å²) in [6, 6.07) is 0. The van der Waals surface area contributed by atoms with Crippen molar-refractivity contribution < 1.29 is 0 Å². The zero-order valence-electron chi connectivity index (χ0n) is 30.7. The number of rotatable bonds is 0. The normalized spacial score (nSPS) is 12.8. The van der Waals surface area contributed by atoms with Crippen molar-refractivity contribution in [3.8, 4) is 11.1 Å². The van der Waals surface area contributed by atoms with Crippen LogP contribution in [0.1, 0.15) is 100 Å². The molecule has 1 aliphatic rings. The van der Waals surface area contributed by atoms with Crippen LogP contribution in [0.2, 0.25) is 0 Å². The van der Waals surface area contributed by atoms with Gasteiger partial charge in [-0.05, 0) is 272 Å². The fraction of sp³-hybridized carbons (Fsp3) is 0.378. The Hall–Kier alpha value is -3.64. The topological polar surface area (TPSA) is 0 Å². The minimum atomic E-state index is 1.03. The summed E-state index contributed by atoms with van der Waals surface area (Å²) in [5, 5.41) is 11.9. The average Bonchev–Trinajstić information content (AvgIpc) is 3.42. The molecule has 0 saturated heterocycles. The van der Waals surface area contributed by atoms with E-state index in [1.54, 1.807) is 11.1 Å². The van der Waals surface area contributed by atoms with Crippen molar-refractivity contribution in [3.63, 3.8) is 0 Å². The molecule has 0 aliphatic heterocycles. The van der Waals surface area contributed by atoms with E-state index in [0.717, 1.165) is 6.42 Å². The van der Waals surface area contributed by atoms with E-state index >= 15 is 0 Å². The molecule has 45 heavy (non-hydrogen) atoms. The van der Waals surface area contributed by atoms with Gasteiger partial charge >= 0.3 is 0 Å². The molecule has 0 N–H and O–H groups in total. The highest BCUT2D eigenvalue weighted by molar-refractivity contribution is 6.21. The van der Waals surface area contributed by atoms with Crippen LogP contribution in [0.3, 0.4) is 0 Å². The maximum atomic E-state index is 2.44. The predicted octanol–water partition coefficient (Wildman–Crippen LogP) is 12.8. The minimum Gasteiger partial charge on any atom is -0.0444 e. The van der Waals surface area contributed by atoms with Gasteiger partial charge in [0.15, 0.2) is 0 Å². The standard InChI is InChI=1S/C45H50/c1-18-20(3)24(7)42-36(22(18)5)26(9)28(11)38-30(13)34-17-35-31(14)39-29(12)27(10)37-23(6)19(2)21(4)25(8)43(37)45(39)33(16)41(35)40(34)32(15)44(38)42/h17H2,1-16H3. The van der Waals surface area contributed by atoms with Gasteiger partial charge in [0.1, 0.15) is 0 Å². The van der Waals surface area contributed by atoms with Crippen molar-refractivity contribution >= 4 is 43.1 Å². The van der Waals surface area contributed by atoms with Gasteiger partial charge in [-0.1, -0.05) is 0 Å². The molecule has 0 atom stereocenters. The highest BCUT2D eigenvalue weighted by Gasteiger charge is 2.32. The Balaban J connectivity index is 1.77. The number of hydrogen-bond donors (Lipinski definition) is 0. The molecule has 6 aromatic rings. The second kappa shape index (κ2) is 9.45. The van der Waals surface area contributed by atoms with Gasteiger partial charge in [0.2, 0.25) is 0 Å². The third kappa shape index (κ3) is 3.39. The number of hydrogen-bond acceptors (Lipinski definition) is 0. The molecule has 6 aromatic carbocycles. The van der Waals surface area contributed by atoms with Crippen molar-refractivity contribution in [3.05, 3.63) is 100 Å². The van der Waals surface area contributed by atoms with Crippen molar-refractivity contribution in [2.75, 3.05) is 0 Å². The fourth-order valence-corrected chi connectivity index (χ4v) is 9.92. The lowest BCUT2D eigenvalue weighted by molar-refractivity contribution is 1.19. The van der Waals surface area contributed by atoms with Gasteiger partial charge in [-0.2, -0.15) is 0 Å². The smallest absolute Gasteiger partial charge is 0.000754 e. The van der Waals surface area contributed by atoms with Gasteiger partial charge in [0.05, 0.1) is 0 Å². The highest BCUT2D eigenvalue weighted by atomic mass is 14.4. The Bertz CT molecular complexity index is 2250. The molecule has 7 rings (SSSR count). The van der Waals surface area contributed by atoms with Crippen LogP contribution in [-0.4, -0.2) is 0 Å².